The number of hydrogen-bond donors (Lipinski definition) is 1. The normalized spacial score (nSPS) is 14.5. The topological polar surface area (TPSA) is 128 Å². The molecule has 3 aromatic rings. The first-order chi connectivity index (χ1) is 17.7. The number of barbiturate groups is 1. The number of rotatable bonds is 7. The summed E-state index contributed by atoms with van der Waals surface area (Å²) in [6.07, 6.45) is 1.23. The van der Waals surface area contributed by atoms with Gasteiger partial charge >= 0.3 is 6.03 Å². The molecule has 12 heteroatoms. The number of imide groups is 2. The Morgan fingerprint density at radius 2 is 1.76 bits per heavy atom. The number of carbonyl (C=O) groups excluding carboxylic acids is 3. The van der Waals surface area contributed by atoms with Crippen LogP contribution >= 0.6 is 11.6 Å². The van der Waals surface area contributed by atoms with E-state index in [0.29, 0.717) is 16.0 Å². The van der Waals surface area contributed by atoms with Crippen molar-refractivity contribution in [1.29, 1.82) is 0 Å². The number of ether oxygens (including phenoxy) is 2. The molecule has 0 aromatic heterocycles. The molecule has 4 amide bonds. The SMILES string of the molecule is COc1cc(/C=C2\C(=O)NC(=O)N(c3ccc(F)cc3)C2=O)cc(Cl)c1OCc1ccc([N+](=O)[O-])cc1. The molecule has 0 spiro atoms. The lowest BCUT2D eigenvalue weighted by Crippen LogP contribution is -2.54. The molecule has 0 saturated carbocycles. The van der Waals surface area contributed by atoms with Crippen molar-refractivity contribution in [3.63, 3.8) is 0 Å². The number of nitrogens with one attached hydrogen (secondary N) is 1. The lowest BCUT2D eigenvalue weighted by molar-refractivity contribution is -0.384. The van der Waals surface area contributed by atoms with Gasteiger partial charge in [0.15, 0.2) is 11.5 Å². The summed E-state index contributed by atoms with van der Waals surface area (Å²) in [7, 11) is 1.37. The molecule has 3 aromatic carbocycles. The Balaban J connectivity index is 1.60. The van der Waals surface area contributed by atoms with Crippen LogP contribution in [-0.2, 0) is 16.2 Å². The number of non-ortho nitro benzene ring substituents is 1. The number of hydrogen-bond acceptors (Lipinski definition) is 7. The first-order valence-electron chi connectivity index (χ1n) is 10.6. The molecule has 1 fully saturated rings. The van der Waals surface area contributed by atoms with E-state index in [0.717, 1.165) is 12.1 Å². The summed E-state index contributed by atoms with van der Waals surface area (Å²) in [6.45, 7) is 0.0319. The van der Waals surface area contributed by atoms with Crippen molar-refractivity contribution in [1.82, 2.24) is 5.32 Å². The Hall–Kier alpha value is -4.77. The minimum absolute atomic E-state index is 0.0319. The van der Waals surface area contributed by atoms with Crippen LogP contribution in [-0.4, -0.2) is 29.9 Å². The van der Waals surface area contributed by atoms with Crippen LogP contribution in [0.1, 0.15) is 11.1 Å². The highest BCUT2D eigenvalue weighted by molar-refractivity contribution is 6.39. The summed E-state index contributed by atoms with van der Waals surface area (Å²) in [6, 6.07) is 12.3. The smallest absolute Gasteiger partial charge is 0.335 e. The fourth-order valence-electron chi connectivity index (χ4n) is 3.48. The molecule has 37 heavy (non-hydrogen) atoms. The lowest BCUT2D eigenvalue weighted by atomic mass is 10.1. The van der Waals surface area contributed by atoms with Crippen LogP contribution < -0.4 is 19.7 Å². The summed E-state index contributed by atoms with van der Waals surface area (Å²) in [5.41, 5.74) is 0.605. The average molecular weight is 526 g/mol. The van der Waals surface area contributed by atoms with E-state index in [1.165, 1.54) is 49.6 Å². The van der Waals surface area contributed by atoms with Gasteiger partial charge in [-0.25, -0.2) is 14.1 Å². The molecule has 1 N–H and O–H groups in total. The number of methoxy groups -OCH3 is 1. The second-order valence-corrected chi connectivity index (χ2v) is 8.09. The minimum Gasteiger partial charge on any atom is -0.493 e. The summed E-state index contributed by atoms with van der Waals surface area (Å²) < 4.78 is 24.4. The van der Waals surface area contributed by atoms with E-state index in [9.17, 15) is 28.9 Å². The molecule has 1 aliphatic rings. The zero-order valence-corrected chi connectivity index (χ0v) is 19.8. The van der Waals surface area contributed by atoms with Crippen molar-refractivity contribution in [2.45, 2.75) is 6.61 Å². The van der Waals surface area contributed by atoms with Crippen LogP contribution in [0.4, 0.5) is 20.6 Å². The fraction of sp³-hybridized carbons (Fsp3) is 0.0800. The molecule has 1 heterocycles. The largest absolute Gasteiger partial charge is 0.493 e. The summed E-state index contributed by atoms with van der Waals surface area (Å²) in [5.74, 6) is -2.02. The lowest BCUT2D eigenvalue weighted by Gasteiger charge is -2.26. The predicted octanol–water partition coefficient (Wildman–Crippen LogP) is 4.64. The number of amides is 4. The van der Waals surface area contributed by atoms with Crippen molar-refractivity contribution in [2.75, 3.05) is 12.0 Å². The number of urea groups is 1. The number of nitrogens with zero attached hydrogens (tertiary/aromatic N) is 2. The van der Waals surface area contributed by atoms with E-state index in [2.05, 4.69) is 5.32 Å². The first kappa shape index (κ1) is 25.3. The standard InChI is InChI=1S/C25H17ClFN3O7/c1-36-21-12-15(11-20(26)22(21)37-13-14-2-6-18(7-3-14)30(34)35)10-19-23(31)28-25(33)29(24(19)32)17-8-4-16(27)5-9-17/h2-12H,13H2,1H3,(H,28,31,33)/b19-10+. The van der Waals surface area contributed by atoms with Crippen LogP contribution in [0.2, 0.25) is 5.02 Å². The van der Waals surface area contributed by atoms with Crippen LogP contribution in [0.15, 0.2) is 66.2 Å². The van der Waals surface area contributed by atoms with E-state index >= 15 is 0 Å². The van der Waals surface area contributed by atoms with Gasteiger partial charge in [-0.3, -0.25) is 25.0 Å². The molecule has 4 rings (SSSR count). The third-order valence-electron chi connectivity index (χ3n) is 5.28. The van der Waals surface area contributed by atoms with Crippen molar-refractivity contribution in [3.05, 3.63) is 98.3 Å². The van der Waals surface area contributed by atoms with Gasteiger partial charge < -0.3 is 9.47 Å². The molecule has 0 unspecified atom stereocenters. The molecule has 188 valence electrons. The molecule has 0 radical (unpaired) electrons. The van der Waals surface area contributed by atoms with Crippen LogP contribution in [0.3, 0.4) is 0 Å². The molecule has 1 aliphatic heterocycles. The Morgan fingerprint density at radius 3 is 2.38 bits per heavy atom. The third-order valence-corrected chi connectivity index (χ3v) is 5.56. The Morgan fingerprint density at radius 1 is 1.08 bits per heavy atom. The molecule has 0 atom stereocenters. The number of halogens is 2. The molecule has 10 nitrogen and oxygen atoms in total. The van der Waals surface area contributed by atoms with Gasteiger partial charge in [0.2, 0.25) is 0 Å². The van der Waals surface area contributed by atoms with Crippen molar-refractivity contribution in [2.24, 2.45) is 0 Å². The van der Waals surface area contributed by atoms with Crippen LogP contribution in [0, 0.1) is 15.9 Å². The maximum atomic E-state index is 13.3. The number of benzene rings is 3. The zero-order valence-electron chi connectivity index (χ0n) is 19.1. The van der Waals surface area contributed by atoms with Gasteiger partial charge in [-0.15, -0.1) is 0 Å². The van der Waals surface area contributed by atoms with Gasteiger partial charge in [0.05, 0.1) is 22.7 Å². The Kier molecular flexibility index (Phi) is 7.16. The van der Waals surface area contributed by atoms with Crippen molar-refractivity contribution in [3.8, 4) is 11.5 Å². The van der Waals surface area contributed by atoms with E-state index in [1.807, 2.05) is 0 Å². The number of carbonyl (C=O) groups is 3. The third kappa shape index (κ3) is 5.41. The van der Waals surface area contributed by atoms with E-state index < -0.39 is 28.6 Å². The minimum atomic E-state index is -0.968. The molecule has 0 aliphatic carbocycles. The molecular formula is C25H17ClFN3O7. The van der Waals surface area contributed by atoms with E-state index in [1.54, 1.807) is 12.1 Å². The summed E-state index contributed by atoms with van der Waals surface area (Å²) in [5, 5.41) is 13.0. The van der Waals surface area contributed by atoms with Gasteiger partial charge in [-0.05, 0) is 65.7 Å². The van der Waals surface area contributed by atoms with Gasteiger partial charge in [0, 0.05) is 12.1 Å². The van der Waals surface area contributed by atoms with E-state index in [4.69, 9.17) is 21.1 Å². The maximum absolute atomic E-state index is 13.3. The first-order valence-corrected chi connectivity index (χ1v) is 11.0. The van der Waals surface area contributed by atoms with E-state index in [-0.39, 0.29) is 40.1 Å². The van der Waals surface area contributed by atoms with Crippen LogP contribution in [0.5, 0.6) is 11.5 Å². The zero-order chi connectivity index (χ0) is 26.7. The fourth-order valence-corrected chi connectivity index (χ4v) is 3.76. The molecule has 0 bridgehead atoms. The van der Waals surface area contributed by atoms with Crippen molar-refractivity contribution >= 4 is 46.9 Å². The second kappa shape index (κ2) is 10.5. The molecular weight excluding hydrogens is 509 g/mol. The summed E-state index contributed by atoms with van der Waals surface area (Å²) >= 11 is 6.39. The number of nitro groups is 1. The highest BCUT2D eigenvalue weighted by atomic mass is 35.5. The Bertz CT molecular complexity index is 1440. The average Bonchev–Trinajstić information content (AvgIpc) is 2.87. The van der Waals surface area contributed by atoms with Gasteiger partial charge in [-0.2, -0.15) is 0 Å². The van der Waals surface area contributed by atoms with Gasteiger partial charge in [0.1, 0.15) is 18.0 Å². The van der Waals surface area contributed by atoms with Gasteiger partial charge in [0.25, 0.3) is 17.5 Å². The van der Waals surface area contributed by atoms with Gasteiger partial charge in [-0.1, -0.05) is 11.6 Å². The predicted molar refractivity (Wildman–Crippen MR) is 131 cm³/mol. The molecule has 1 saturated heterocycles. The second-order valence-electron chi connectivity index (χ2n) is 7.68. The summed E-state index contributed by atoms with van der Waals surface area (Å²) in [4.78, 5) is 48.8. The number of anilines is 1. The maximum Gasteiger partial charge on any atom is 0.335 e. The quantitative estimate of drug-likeness (QED) is 0.206. The highest BCUT2D eigenvalue weighted by Crippen LogP contribution is 2.38. The monoisotopic (exact) mass is 525 g/mol. The Labute approximate surface area is 214 Å². The van der Waals surface area contributed by atoms with Crippen molar-refractivity contribution < 1.29 is 33.2 Å². The van der Waals surface area contributed by atoms with Crippen LogP contribution in [0.25, 0.3) is 6.08 Å². The number of nitro benzene ring substituents is 1. The highest BCUT2D eigenvalue weighted by Gasteiger charge is 2.36.